The Hall–Kier alpha value is -2.61. The lowest BCUT2D eigenvalue weighted by atomic mass is 10.1. The van der Waals surface area contributed by atoms with Crippen molar-refractivity contribution >= 4 is 39.6 Å². The van der Waals surface area contributed by atoms with Crippen molar-refractivity contribution in [3.8, 4) is 0 Å². The lowest BCUT2D eigenvalue weighted by molar-refractivity contribution is -0.116. The molecule has 0 aliphatic carbocycles. The number of rotatable bonds is 5. The van der Waals surface area contributed by atoms with Gasteiger partial charge in [0.1, 0.15) is 0 Å². The molecule has 7 nitrogen and oxygen atoms in total. The fourth-order valence-corrected chi connectivity index (χ4v) is 2.61. The maximum absolute atomic E-state index is 12.2. The number of hydrogen-bond acceptors (Lipinski definition) is 5. The lowest BCUT2D eigenvalue weighted by Gasteiger charge is -2.13. The van der Waals surface area contributed by atoms with E-state index in [1.165, 1.54) is 17.3 Å². The minimum absolute atomic E-state index is 0.160. The third-order valence-corrected chi connectivity index (χ3v) is 3.94. The number of carbonyl (C=O) groups excluding carboxylic acids is 3. The standard InChI is InChI=1S/C16H13BrN4O3/c17-10-8-18-16(19-9-10)20-13(22)6-3-7-21-14(23)11-4-1-2-5-12(11)15(21)24/h1-2,4-5,8-9H,3,6-7H2,(H,18,19,20,22). The summed E-state index contributed by atoms with van der Waals surface area (Å²) in [6.45, 7) is 0.195. The van der Waals surface area contributed by atoms with E-state index in [4.69, 9.17) is 0 Å². The highest BCUT2D eigenvalue weighted by molar-refractivity contribution is 9.10. The molecule has 0 saturated heterocycles. The summed E-state index contributed by atoms with van der Waals surface area (Å²) in [5.41, 5.74) is 0.824. The molecule has 2 heterocycles. The number of carbonyl (C=O) groups is 3. The van der Waals surface area contributed by atoms with Crippen molar-refractivity contribution in [1.82, 2.24) is 14.9 Å². The average Bonchev–Trinajstić information content (AvgIpc) is 2.82. The molecule has 0 radical (unpaired) electrons. The maximum atomic E-state index is 12.2. The van der Waals surface area contributed by atoms with Crippen molar-refractivity contribution in [2.75, 3.05) is 11.9 Å². The third kappa shape index (κ3) is 3.33. The summed E-state index contributed by atoms with van der Waals surface area (Å²) in [5.74, 6) is -0.683. The number of fused-ring (bicyclic) bond motifs is 1. The molecule has 3 rings (SSSR count). The zero-order valence-electron chi connectivity index (χ0n) is 12.5. The van der Waals surface area contributed by atoms with Gasteiger partial charge in [-0.2, -0.15) is 0 Å². The second-order valence-corrected chi connectivity index (χ2v) is 6.10. The average molecular weight is 389 g/mol. The first-order valence-corrected chi connectivity index (χ1v) is 8.08. The molecule has 1 aliphatic heterocycles. The van der Waals surface area contributed by atoms with E-state index in [2.05, 4.69) is 31.2 Å². The van der Waals surface area contributed by atoms with Crippen LogP contribution in [-0.2, 0) is 4.79 Å². The van der Waals surface area contributed by atoms with Crippen LogP contribution in [0.25, 0.3) is 0 Å². The molecule has 1 aliphatic rings. The van der Waals surface area contributed by atoms with E-state index in [0.29, 0.717) is 22.0 Å². The van der Waals surface area contributed by atoms with Crippen molar-refractivity contribution in [3.63, 3.8) is 0 Å². The number of aromatic nitrogens is 2. The summed E-state index contributed by atoms with van der Waals surface area (Å²) < 4.78 is 0.714. The van der Waals surface area contributed by atoms with Crippen molar-refractivity contribution < 1.29 is 14.4 Å². The van der Waals surface area contributed by atoms with Gasteiger partial charge in [0.2, 0.25) is 11.9 Å². The van der Waals surface area contributed by atoms with Crippen LogP contribution < -0.4 is 5.32 Å². The van der Waals surface area contributed by atoms with E-state index >= 15 is 0 Å². The molecule has 0 fully saturated rings. The normalized spacial score (nSPS) is 13.1. The zero-order chi connectivity index (χ0) is 17.1. The fourth-order valence-electron chi connectivity index (χ4n) is 2.40. The van der Waals surface area contributed by atoms with Crippen LogP contribution in [0.2, 0.25) is 0 Å². The second kappa shape index (κ2) is 6.88. The second-order valence-electron chi connectivity index (χ2n) is 5.18. The molecule has 3 amide bonds. The predicted octanol–water partition coefficient (Wildman–Crippen LogP) is 2.25. The van der Waals surface area contributed by atoms with Crippen molar-refractivity contribution in [1.29, 1.82) is 0 Å². The van der Waals surface area contributed by atoms with E-state index in [9.17, 15) is 14.4 Å². The molecule has 122 valence electrons. The van der Waals surface area contributed by atoms with E-state index in [-0.39, 0.29) is 36.6 Å². The number of nitrogens with zero attached hydrogens (tertiary/aromatic N) is 3. The molecule has 0 saturated carbocycles. The molecular weight excluding hydrogens is 376 g/mol. The van der Waals surface area contributed by atoms with Crippen LogP contribution in [-0.4, -0.2) is 39.1 Å². The summed E-state index contributed by atoms with van der Waals surface area (Å²) in [7, 11) is 0. The zero-order valence-corrected chi connectivity index (χ0v) is 14.1. The van der Waals surface area contributed by atoms with Crippen LogP contribution in [0.15, 0.2) is 41.1 Å². The SMILES string of the molecule is O=C(CCCN1C(=O)c2ccccc2C1=O)Nc1ncc(Br)cn1. The first-order chi connectivity index (χ1) is 11.6. The van der Waals surface area contributed by atoms with Crippen LogP contribution in [0.4, 0.5) is 5.95 Å². The molecule has 1 aromatic heterocycles. The van der Waals surface area contributed by atoms with E-state index in [1.54, 1.807) is 24.3 Å². The van der Waals surface area contributed by atoms with Crippen LogP contribution >= 0.6 is 15.9 Å². The van der Waals surface area contributed by atoms with Crippen molar-refractivity contribution in [3.05, 3.63) is 52.3 Å². The van der Waals surface area contributed by atoms with E-state index < -0.39 is 0 Å². The Morgan fingerprint density at radius 1 is 1.08 bits per heavy atom. The third-order valence-electron chi connectivity index (χ3n) is 3.54. The number of halogens is 1. The number of imide groups is 1. The Morgan fingerprint density at radius 2 is 1.67 bits per heavy atom. The van der Waals surface area contributed by atoms with Gasteiger partial charge in [0.15, 0.2) is 0 Å². The highest BCUT2D eigenvalue weighted by Crippen LogP contribution is 2.22. The largest absolute Gasteiger partial charge is 0.295 e. The Kier molecular flexibility index (Phi) is 4.66. The van der Waals surface area contributed by atoms with Gasteiger partial charge in [-0.3, -0.25) is 24.6 Å². The number of benzene rings is 1. The Labute approximate surface area is 146 Å². The smallest absolute Gasteiger partial charge is 0.261 e. The van der Waals surface area contributed by atoms with Gasteiger partial charge < -0.3 is 0 Å². The highest BCUT2D eigenvalue weighted by Gasteiger charge is 2.34. The maximum Gasteiger partial charge on any atom is 0.261 e. The topological polar surface area (TPSA) is 92.3 Å². The molecule has 24 heavy (non-hydrogen) atoms. The molecule has 0 spiro atoms. The van der Waals surface area contributed by atoms with Crippen molar-refractivity contribution in [2.24, 2.45) is 0 Å². The molecule has 8 heteroatoms. The van der Waals surface area contributed by atoms with Gasteiger partial charge in [-0.25, -0.2) is 9.97 Å². The lowest BCUT2D eigenvalue weighted by Crippen LogP contribution is -2.31. The number of nitrogens with one attached hydrogen (secondary N) is 1. The number of anilines is 1. The van der Waals surface area contributed by atoms with Gasteiger partial charge in [-0.05, 0) is 34.5 Å². The Bertz CT molecular complexity index is 772. The van der Waals surface area contributed by atoms with Gasteiger partial charge in [0.05, 0.1) is 15.6 Å². The van der Waals surface area contributed by atoms with Crippen molar-refractivity contribution in [2.45, 2.75) is 12.8 Å². The summed E-state index contributed by atoms with van der Waals surface area (Å²) >= 11 is 3.21. The minimum atomic E-state index is -0.313. The Balaban J connectivity index is 1.52. The molecule has 1 N–H and O–H groups in total. The Morgan fingerprint density at radius 3 is 2.25 bits per heavy atom. The molecule has 0 unspecified atom stereocenters. The summed E-state index contributed by atoms with van der Waals surface area (Å²) in [6.07, 6.45) is 3.59. The molecular formula is C16H13BrN4O3. The number of hydrogen-bond donors (Lipinski definition) is 1. The monoisotopic (exact) mass is 388 g/mol. The summed E-state index contributed by atoms with van der Waals surface area (Å²) in [5, 5.41) is 2.56. The van der Waals surface area contributed by atoms with Crippen LogP contribution in [0, 0.1) is 0 Å². The minimum Gasteiger partial charge on any atom is -0.295 e. The first-order valence-electron chi connectivity index (χ1n) is 7.29. The van der Waals surface area contributed by atoms with Crippen LogP contribution in [0.1, 0.15) is 33.6 Å². The molecule has 2 aromatic rings. The van der Waals surface area contributed by atoms with Crippen LogP contribution in [0.5, 0.6) is 0 Å². The quantitative estimate of drug-likeness (QED) is 0.792. The highest BCUT2D eigenvalue weighted by atomic mass is 79.9. The van der Waals surface area contributed by atoms with Gasteiger partial charge in [0.25, 0.3) is 11.8 Å². The first kappa shape index (κ1) is 16.3. The summed E-state index contributed by atoms with van der Waals surface area (Å²) in [4.78, 5) is 45.3. The fraction of sp³-hybridized carbons (Fsp3) is 0.188. The predicted molar refractivity (Wildman–Crippen MR) is 89.4 cm³/mol. The van der Waals surface area contributed by atoms with Gasteiger partial charge >= 0.3 is 0 Å². The molecule has 1 aromatic carbocycles. The number of amides is 3. The molecule has 0 bridgehead atoms. The summed E-state index contributed by atoms with van der Waals surface area (Å²) in [6, 6.07) is 6.71. The van der Waals surface area contributed by atoms with Crippen LogP contribution in [0.3, 0.4) is 0 Å². The molecule has 0 atom stereocenters. The van der Waals surface area contributed by atoms with Gasteiger partial charge in [-0.1, -0.05) is 12.1 Å². The van der Waals surface area contributed by atoms with Gasteiger partial charge in [0, 0.05) is 25.4 Å². The van der Waals surface area contributed by atoms with Gasteiger partial charge in [-0.15, -0.1) is 0 Å². The van der Waals surface area contributed by atoms with E-state index in [0.717, 1.165) is 0 Å². The van der Waals surface area contributed by atoms with E-state index in [1.807, 2.05) is 0 Å².